The van der Waals surface area contributed by atoms with Crippen molar-refractivity contribution in [3.63, 3.8) is 0 Å². The summed E-state index contributed by atoms with van der Waals surface area (Å²) in [6.45, 7) is 6.21. The van der Waals surface area contributed by atoms with Gasteiger partial charge in [0.25, 0.3) is 0 Å². The summed E-state index contributed by atoms with van der Waals surface area (Å²) in [4.78, 5) is 15.4. The minimum absolute atomic E-state index is 0.395. The Bertz CT molecular complexity index is 1100. The van der Waals surface area contributed by atoms with Crippen molar-refractivity contribution in [3.8, 4) is 22.6 Å². The van der Waals surface area contributed by atoms with Gasteiger partial charge in [0.15, 0.2) is 6.10 Å². The van der Waals surface area contributed by atoms with Gasteiger partial charge in [-0.25, -0.2) is 4.79 Å². The number of nitrogens with zero attached hydrogens (tertiary/aromatic N) is 1. The summed E-state index contributed by atoms with van der Waals surface area (Å²) in [5, 5.41) is 0. The summed E-state index contributed by atoms with van der Waals surface area (Å²) in [5.74, 6) is 2.23. The number of hydrogen-bond donors (Lipinski definition) is 0. The third-order valence-electron chi connectivity index (χ3n) is 5.74. The molecular weight excluding hydrogens is 434 g/mol. The Labute approximate surface area is 199 Å². The predicted molar refractivity (Wildman–Crippen MR) is 134 cm³/mol. The third-order valence-corrected chi connectivity index (χ3v) is 6.78. The minimum Gasteiger partial charge on any atom is -0.492 e. The summed E-state index contributed by atoms with van der Waals surface area (Å²) in [6.07, 6.45) is -0.662. The van der Waals surface area contributed by atoms with Crippen molar-refractivity contribution in [2.75, 3.05) is 37.5 Å². The molecule has 0 saturated heterocycles. The molecule has 0 spiro atoms. The van der Waals surface area contributed by atoms with E-state index in [-0.39, 0.29) is 0 Å². The second kappa shape index (κ2) is 10.7. The zero-order valence-electron chi connectivity index (χ0n) is 19.2. The van der Waals surface area contributed by atoms with Crippen LogP contribution in [0.25, 0.3) is 11.1 Å². The highest BCUT2D eigenvalue weighted by Crippen LogP contribution is 2.34. The Morgan fingerprint density at radius 2 is 1.85 bits per heavy atom. The second-order valence-electron chi connectivity index (χ2n) is 7.89. The normalized spacial score (nSPS) is 13.7. The van der Waals surface area contributed by atoms with E-state index in [0.717, 1.165) is 41.3 Å². The lowest BCUT2D eigenvalue weighted by molar-refractivity contribution is -0.147. The molecule has 0 fully saturated rings. The first kappa shape index (κ1) is 23.1. The molecule has 3 aromatic carbocycles. The lowest BCUT2D eigenvalue weighted by atomic mass is 10.00. The molecule has 1 unspecified atom stereocenters. The average Bonchev–Trinajstić information content (AvgIpc) is 2.85. The number of fused-ring (bicyclic) bond motifs is 1. The van der Waals surface area contributed by atoms with Gasteiger partial charge in [0.2, 0.25) is 0 Å². The molecule has 1 aliphatic heterocycles. The monoisotopic (exact) mass is 463 g/mol. The predicted octanol–water partition coefficient (Wildman–Crippen LogP) is 5.59. The standard InChI is InChI=1S/C27H29NO4S/c1-19-23(7-6-9-25(19)32-20(2)27(29)30-3)21-11-13-22(14-12-21)31-17-15-28-16-18-33-26-10-5-4-8-24(26)28/h4-14,20H,15-18H2,1-3H3. The summed E-state index contributed by atoms with van der Waals surface area (Å²) < 4.78 is 16.6. The maximum absolute atomic E-state index is 11.7. The number of para-hydroxylation sites is 1. The molecule has 0 amide bonds. The first-order chi connectivity index (χ1) is 16.1. The van der Waals surface area contributed by atoms with Gasteiger partial charge in [-0.3, -0.25) is 0 Å². The van der Waals surface area contributed by atoms with Crippen molar-refractivity contribution in [1.82, 2.24) is 0 Å². The molecule has 1 atom stereocenters. The smallest absolute Gasteiger partial charge is 0.346 e. The van der Waals surface area contributed by atoms with Crippen LogP contribution >= 0.6 is 11.8 Å². The molecule has 0 radical (unpaired) electrons. The first-order valence-corrected chi connectivity index (χ1v) is 12.1. The maximum atomic E-state index is 11.7. The molecule has 172 valence electrons. The van der Waals surface area contributed by atoms with Crippen LogP contribution in [0.4, 0.5) is 5.69 Å². The number of rotatable bonds is 8. The third kappa shape index (κ3) is 5.45. The van der Waals surface area contributed by atoms with Gasteiger partial charge in [-0.1, -0.05) is 36.4 Å². The number of methoxy groups -OCH3 is 1. The van der Waals surface area contributed by atoms with E-state index in [0.29, 0.717) is 12.4 Å². The fourth-order valence-electron chi connectivity index (χ4n) is 3.92. The topological polar surface area (TPSA) is 48.0 Å². The highest BCUT2D eigenvalue weighted by atomic mass is 32.2. The van der Waals surface area contributed by atoms with E-state index in [1.807, 2.05) is 49.0 Å². The fraction of sp³-hybridized carbons (Fsp3) is 0.296. The zero-order valence-corrected chi connectivity index (χ0v) is 20.1. The van der Waals surface area contributed by atoms with Crippen molar-refractivity contribution < 1.29 is 19.0 Å². The van der Waals surface area contributed by atoms with Crippen molar-refractivity contribution in [2.45, 2.75) is 24.8 Å². The van der Waals surface area contributed by atoms with Crippen molar-refractivity contribution in [1.29, 1.82) is 0 Å². The first-order valence-electron chi connectivity index (χ1n) is 11.1. The summed E-state index contributed by atoms with van der Waals surface area (Å²) >= 11 is 1.92. The molecule has 0 saturated carbocycles. The van der Waals surface area contributed by atoms with Crippen LogP contribution in [0, 0.1) is 6.92 Å². The van der Waals surface area contributed by atoms with E-state index in [2.05, 4.69) is 41.3 Å². The number of thioether (sulfide) groups is 1. The van der Waals surface area contributed by atoms with Crippen LogP contribution < -0.4 is 14.4 Å². The molecule has 0 aromatic heterocycles. The number of carbonyl (C=O) groups is 1. The molecule has 0 aliphatic carbocycles. The minimum atomic E-state index is -0.662. The lowest BCUT2D eigenvalue weighted by Gasteiger charge is -2.30. The van der Waals surface area contributed by atoms with E-state index in [1.165, 1.54) is 17.7 Å². The van der Waals surface area contributed by atoms with Crippen LogP contribution in [0.2, 0.25) is 0 Å². The van der Waals surface area contributed by atoms with Gasteiger partial charge >= 0.3 is 5.97 Å². The largest absolute Gasteiger partial charge is 0.492 e. The van der Waals surface area contributed by atoms with Crippen LogP contribution in [0.15, 0.2) is 71.6 Å². The van der Waals surface area contributed by atoms with E-state index in [9.17, 15) is 4.79 Å². The van der Waals surface area contributed by atoms with Crippen LogP contribution in [0.1, 0.15) is 12.5 Å². The van der Waals surface area contributed by atoms with Gasteiger partial charge in [0.05, 0.1) is 19.3 Å². The Morgan fingerprint density at radius 1 is 1.06 bits per heavy atom. The van der Waals surface area contributed by atoms with E-state index >= 15 is 0 Å². The van der Waals surface area contributed by atoms with E-state index in [4.69, 9.17) is 14.2 Å². The van der Waals surface area contributed by atoms with Crippen molar-refractivity contribution in [3.05, 3.63) is 72.3 Å². The highest BCUT2D eigenvalue weighted by Gasteiger charge is 2.18. The molecule has 6 heteroatoms. The molecule has 3 aromatic rings. The van der Waals surface area contributed by atoms with Gasteiger partial charge in [-0.2, -0.15) is 0 Å². The number of carbonyl (C=O) groups excluding carboxylic acids is 1. The average molecular weight is 464 g/mol. The number of ether oxygens (including phenoxy) is 3. The Morgan fingerprint density at radius 3 is 2.64 bits per heavy atom. The maximum Gasteiger partial charge on any atom is 0.346 e. The quantitative estimate of drug-likeness (QED) is 0.406. The molecular formula is C27H29NO4S. The molecule has 1 heterocycles. The summed E-state index contributed by atoms with van der Waals surface area (Å²) in [6, 6.07) is 22.5. The van der Waals surface area contributed by atoms with Gasteiger partial charge in [-0.05, 0) is 60.9 Å². The Hall–Kier alpha value is -3.12. The second-order valence-corrected chi connectivity index (χ2v) is 9.02. The molecule has 0 N–H and O–H groups in total. The van der Waals surface area contributed by atoms with E-state index in [1.54, 1.807) is 6.92 Å². The Balaban J connectivity index is 1.38. The van der Waals surface area contributed by atoms with Crippen LogP contribution in [-0.2, 0) is 9.53 Å². The van der Waals surface area contributed by atoms with Crippen molar-refractivity contribution >= 4 is 23.4 Å². The number of anilines is 1. The van der Waals surface area contributed by atoms with Gasteiger partial charge in [-0.15, -0.1) is 11.8 Å². The molecule has 0 bridgehead atoms. The molecule has 5 nitrogen and oxygen atoms in total. The SMILES string of the molecule is COC(=O)C(C)Oc1cccc(-c2ccc(OCCN3CCSc4ccccc43)cc2)c1C. The van der Waals surface area contributed by atoms with Crippen LogP contribution in [0.5, 0.6) is 11.5 Å². The van der Waals surface area contributed by atoms with Crippen LogP contribution in [-0.4, -0.2) is 44.6 Å². The molecule has 4 rings (SSSR count). The number of esters is 1. The summed E-state index contributed by atoms with van der Waals surface area (Å²) in [5.41, 5.74) is 4.40. The lowest BCUT2D eigenvalue weighted by Crippen LogP contribution is -2.33. The van der Waals surface area contributed by atoms with Crippen molar-refractivity contribution in [2.24, 2.45) is 0 Å². The molecule has 33 heavy (non-hydrogen) atoms. The zero-order chi connectivity index (χ0) is 23.2. The highest BCUT2D eigenvalue weighted by molar-refractivity contribution is 7.99. The number of benzene rings is 3. The van der Waals surface area contributed by atoms with Crippen LogP contribution in [0.3, 0.4) is 0 Å². The van der Waals surface area contributed by atoms with E-state index < -0.39 is 12.1 Å². The Kier molecular flexibility index (Phi) is 7.45. The fourth-order valence-corrected chi connectivity index (χ4v) is 4.97. The summed E-state index contributed by atoms with van der Waals surface area (Å²) in [7, 11) is 1.36. The number of hydrogen-bond acceptors (Lipinski definition) is 6. The van der Waals surface area contributed by atoms with Gasteiger partial charge in [0, 0.05) is 17.2 Å². The van der Waals surface area contributed by atoms with Gasteiger partial charge < -0.3 is 19.1 Å². The van der Waals surface area contributed by atoms with Gasteiger partial charge in [0.1, 0.15) is 18.1 Å². The molecule has 1 aliphatic rings.